The first-order valence-electron chi connectivity index (χ1n) is 3.89. The molecule has 1 aromatic rings. The van der Waals surface area contributed by atoms with Gasteiger partial charge in [-0.1, -0.05) is 0 Å². The number of aldehydes is 1. The number of hydrogen-bond acceptors (Lipinski definition) is 5. The van der Waals surface area contributed by atoms with Crippen molar-refractivity contribution in [1.29, 1.82) is 0 Å². The fourth-order valence-electron chi connectivity index (χ4n) is 1.15. The standard InChI is InChI=1S/C7H13N5O/c1-8-6-7(9-2)12(10-3)5(4-13)11-6/h4,8-10H,1-3H3. The van der Waals surface area contributed by atoms with Gasteiger partial charge in [-0.25, -0.2) is 9.66 Å². The summed E-state index contributed by atoms with van der Waals surface area (Å²) < 4.78 is 1.57. The van der Waals surface area contributed by atoms with Crippen LogP contribution in [0.4, 0.5) is 11.6 Å². The van der Waals surface area contributed by atoms with Crippen LogP contribution in [0.1, 0.15) is 10.6 Å². The molecule has 6 heteroatoms. The maximum atomic E-state index is 10.6. The normalized spacial score (nSPS) is 9.46. The molecule has 1 aromatic heterocycles. The number of anilines is 2. The zero-order valence-electron chi connectivity index (χ0n) is 7.88. The van der Waals surface area contributed by atoms with Gasteiger partial charge < -0.3 is 16.1 Å². The second-order valence-electron chi connectivity index (χ2n) is 2.34. The van der Waals surface area contributed by atoms with Gasteiger partial charge in [-0.15, -0.1) is 0 Å². The largest absolute Gasteiger partial charge is 0.370 e. The molecule has 13 heavy (non-hydrogen) atoms. The number of nitrogens with zero attached hydrogens (tertiary/aromatic N) is 2. The van der Waals surface area contributed by atoms with E-state index in [1.165, 1.54) is 0 Å². The zero-order valence-corrected chi connectivity index (χ0v) is 7.88. The van der Waals surface area contributed by atoms with Crippen molar-refractivity contribution in [2.45, 2.75) is 0 Å². The van der Waals surface area contributed by atoms with Gasteiger partial charge in [-0.2, -0.15) is 0 Å². The summed E-state index contributed by atoms with van der Waals surface area (Å²) in [4.78, 5) is 14.7. The van der Waals surface area contributed by atoms with Crippen LogP contribution in [0, 0.1) is 0 Å². The van der Waals surface area contributed by atoms with Crippen LogP contribution in [0.2, 0.25) is 0 Å². The van der Waals surface area contributed by atoms with E-state index in [-0.39, 0.29) is 0 Å². The first-order chi connectivity index (χ1) is 6.28. The number of aromatic nitrogens is 2. The molecule has 0 atom stereocenters. The molecule has 0 aromatic carbocycles. The first-order valence-corrected chi connectivity index (χ1v) is 3.89. The monoisotopic (exact) mass is 183 g/mol. The van der Waals surface area contributed by atoms with Crippen molar-refractivity contribution < 1.29 is 4.79 Å². The van der Waals surface area contributed by atoms with Crippen molar-refractivity contribution in [1.82, 2.24) is 9.66 Å². The second-order valence-corrected chi connectivity index (χ2v) is 2.34. The van der Waals surface area contributed by atoms with E-state index in [1.807, 2.05) is 0 Å². The molecule has 0 saturated carbocycles. The highest BCUT2D eigenvalue weighted by Crippen LogP contribution is 2.19. The van der Waals surface area contributed by atoms with Gasteiger partial charge >= 0.3 is 0 Å². The van der Waals surface area contributed by atoms with Crippen LogP contribution in [0.15, 0.2) is 0 Å². The van der Waals surface area contributed by atoms with Crippen LogP contribution in [0.3, 0.4) is 0 Å². The molecule has 0 radical (unpaired) electrons. The smallest absolute Gasteiger partial charge is 0.195 e. The number of rotatable bonds is 4. The quantitative estimate of drug-likeness (QED) is 0.571. The molecule has 6 nitrogen and oxygen atoms in total. The molecular formula is C7H13N5O. The minimum Gasteiger partial charge on any atom is -0.370 e. The van der Waals surface area contributed by atoms with Gasteiger partial charge in [0.2, 0.25) is 0 Å². The molecule has 0 bridgehead atoms. The lowest BCUT2D eigenvalue weighted by Gasteiger charge is -2.07. The van der Waals surface area contributed by atoms with E-state index in [2.05, 4.69) is 21.0 Å². The topological polar surface area (TPSA) is 71.0 Å². The van der Waals surface area contributed by atoms with Crippen LogP contribution >= 0.6 is 0 Å². The van der Waals surface area contributed by atoms with Gasteiger partial charge in [-0.3, -0.25) is 4.79 Å². The van der Waals surface area contributed by atoms with Crippen LogP contribution in [0.5, 0.6) is 0 Å². The zero-order chi connectivity index (χ0) is 9.84. The van der Waals surface area contributed by atoms with Gasteiger partial charge in [0.1, 0.15) is 0 Å². The summed E-state index contributed by atoms with van der Waals surface area (Å²) in [6.45, 7) is 0. The Bertz CT molecular complexity index is 306. The first kappa shape index (κ1) is 9.37. The summed E-state index contributed by atoms with van der Waals surface area (Å²) >= 11 is 0. The van der Waals surface area contributed by atoms with E-state index in [0.717, 1.165) is 5.82 Å². The van der Waals surface area contributed by atoms with Crippen molar-refractivity contribution in [3.63, 3.8) is 0 Å². The van der Waals surface area contributed by atoms with Crippen LogP contribution in [-0.4, -0.2) is 37.1 Å². The Kier molecular flexibility index (Phi) is 2.73. The Morgan fingerprint density at radius 3 is 2.38 bits per heavy atom. The van der Waals surface area contributed by atoms with Gasteiger partial charge in [0.15, 0.2) is 23.7 Å². The van der Waals surface area contributed by atoms with Gasteiger partial charge in [0, 0.05) is 21.1 Å². The molecule has 0 aliphatic carbocycles. The van der Waals surface area contributed by atoms with Crippen molar-refractivity contribution in [2.24, 2.45) is 0 Å². The molecule has 1 rings (SSSR count). The average Bonchev–Trinajstić information content (AvgIpc) is 2.54. The lowest BCUT2D eigenvalue weighted by atomic mass is 10.6. The van der Waals surface area contributed by atoms with Crippen molar-refractivity contribution in [3.8, 4) is 0 Å². The molecule has 72 valence electrons. The minimum atomic E-state index is 0.330. The molecule has 0 unspecified atom stereocenters. The highest BCUT2D eigenvalue weighted by molar-refractivity contribution is 5.76. The molecule has 0 aliphatic rings. The summed E-state index contributed by atoms with van der Waals surface area (Å²) in [5.41, 5.74) is 2.84. The summed E-state index contributed by atoms with van der Waals surface area (Å²) in [5, 5.41) is 5.82. The SMILES string of the molecule is CNc1nc(C=O)n(NC)c1NC. The summed E-state index contributed by atoms with van der Waals surface area (Å²) in [6, 6.07) is 0. The van der Waals surface area contributed by atoms with Crippen molar-refractivity contribution >= 4 is 17.9 Å². The third-order valence-corrected chi connectivity index (χ3v) is 1.71. The lowest BCUT2D eigenvalue weighted by Crippen LogP contribution is -2.15. The third kappa shape index (κ3) is 1.42. The molecule has 0 amide bonds. The van der Waals surface area contributed by atoms with Crippen molar-refractivity contribution in [2.75, 3.05) is 37.2 Å². The maximum Gasteiger partial charge on any atom is 0.195 e. The van der Waals surface area contributed by atoms with E-state index < -0.39 is 0 Å². The fraction of sp³-hybridized carbons (Fsp3) is 0.429. The second kappa shape index (κ2) is 3.79. The fourth-order valence-corrected chi connectivity index (χ4v) is 1.15. The molecular weight excluding hydrogens is 170 g/mol. The minimum absolute atomic E-state index is 0.330. The molecule has 3 N–H and O–H groups in total. The van der Waals surface area contributed by atoms with Gasteiger partial charge in [0.25, 0.3) is 0 Å². The van der Waals surface area contributed by atoms with E-state index >= 15 is 0 Å². The Morgan fingerprint density at radius 2 is 2.00 bits per heavy atom. The molecule has 0 fully saturated rings. The van der Waals surface area contributed by atoms with E-state index in [1.54, 1.807) is 25.8 Å². The van der Waals surface area contributed by atoms with E-state index in [4.69, 9.17) is 0 Å². The molecule has 0 aliphatic heterocycles. The number of carbonyl (C=O) groups is 1. The Labute approximate surface area is 76.3 Å². The number of carbonyl (C=O) groups excluding carboxylic acids is 1. The maximum absolute atomic E-state index is 10.6. The highest BCUT2D eigenvalue weighted by atomic mass is 16.1. The van der Waals surface area contributed by atoms with Crippen LogP contribution < -0.4 is 16.1 Å². The van der Waals surface area contributed by atoms with E-state index in [0.29, 0.717) is 17.9 Å². The van der Waals surface area contributed by atoms with Gasteiger partial charge in [0.05, 0.1) is 0 Å². The van der Waals surface area contributed by atoms with Gasteiger partial charge in [-0.05, 0) is 0 Å². The average molecular weight is 183 g/mol. The summed E-state index contributed by atoms with van der Waals surface area (Å²) in [5.74, 6) is 1.70. The summed E-state index contributed by atoms with van der Waals surface area (Å²) in [7, 11) is 5.23. The number of nitrogens with one attached hydrogen (secondary N) is 3. The third-order valence-electron chi connectivity index (χ3n) is 1.71. The number of imidazole rings is 1. The Hall–Kier alpha value is -1.72. The predicted octanol–water partition coefficient (Wildman–Crippen LogP) is -0.0477. The highest BCUT2D eigenvalue weighted by Gasteiger charge is 2.13. The molecule has 0 saturated heterocycles. The van der Waals surface area contributed by atoms with Crippen molar-refractivity contribution in [3.05, 3.63) is 5.82 Å². The number of hydrogen-bond donors (Lipinski definition) is 3. The lowest BCUT2D eigenvalue weighted by molar-refractivity contribution is 0.111. The van der Waals surface area contributed by atoms with Crippen LogP contribution in [-0.2, 0) is 0 Å². The predicted molar refractivity (Wildman–Crippen MR) is 52.0 cm³/mol. The van der Waals surface area contributed by atoms with Crippen LogP contribution in [0.25, 0.3) is 0 Å². The molecule has 0 spiro atoms. The Morgan fingerprint density at radius 1 is 1.31 bits per heavy atom. The Balaban J connectivity index is 3.25. The van der Waals surface area contributed by atoms with E-state index in [9.17, 15) is 4.79 Å². The molecule has 1 heterocycles. The summed E-state index contributed by atoms with van der Waals surface area (Å²) in [6.07, 6.45) is 0.693.